The topological polar surface area (TPSA) is 97.2 Å². The highest BCUT2D eigenvalue weighted by Crippen LogP contribution is 2.28. The highest BCUT2D eigenvalue weighted by molar-refractivity contribution is 7.89. The molecule has 0 radical (unpaired) electrons. The molecule has 1 aliphatic rings. The maximum absolute atomic E-state index is 13.2. The number of amides is 1. The summed E-state index contributed by atoms with van der Waals surface area (Å²) in [7, 11) is -3.71. The summed E-state index contributed by atoms with van der Waals surface area (Å²) in [6.45, 7) is 1.02. The number of carbonyl (C=O) groups excluding carboxylic acids is 1. The van der Waals surface area contributed by atoms with Crippen LogP contribution in [-0.4, -0.2) is 39.9 Å². The van der Waals surface area contributed by atoms with Crippen molar-refractivity contribution in [1.82, 2.24) is 24.4 Å². The summed E-state index contributed by atoms with van der Waals surface area (Å²) in [5.74, 6) is 0.262. The van der Waals surface area contributed by atoms with Gasteiger partial charge in [-0.05, 0) is 53.8 Å². The molecule has 3 aromatic heterocycles. The maximum atomic E-state index is 13.2. The van der Waals surface area contributed by atoms with Gasteiger partial charge in [0.25, 0.3) is 5.91 Å². The Morgan fingerprint density at radius 3 is 2.88 bits per heavy atom. The second kappa shape index (κ2) is 8.89. The minimum atomic E-state index is -3.71. The first-order valence-electron chi connectivity index (χ1n) is 10.4. The molecule has 4 aromatic rings. The van der Waals surface area contributed by atoms with Crippen molar-refractivity contribution >= 4 is 27.3 Å². The molecule has 0 aliphatic carbocycles. The number of carbonyl (C=O) groups is 1. The smallest absolute Gasteiger partial charge is 0.251 e. The van der Waals surface area contributed by atoms with E-state index in [-0.39, 0.29) is 22.9 Å². The standard InChI is InChI=1S/C23H21N5O3S2/c29-23(25-15-18-5-2-9-24-22(18)28-11-3-10-26-28)17-4-1-6-20(14-17)33(30,31)27-12-7-21-19(16-27)8-13-32-21/h1-6,8-11,13-14H,7,12,15-16H2,(H,25,29). The van der Waals surface area contributed by atoms with E-state index >= 15 is 0 Å². The molecule has 1 aromatic carbocycles. The molecule has 4 heterocycles. The highest BCUT2D eigenvalue weighted by atomic mass is 32.2. The van der Waals surface area contributed by atoms with E-state index < -0.39 is 10.0 Å². The summed E-state index contributed by atoms with van der Waals surface area (Å²) in [6.07, 6.45) is 5.80. The van der Waals surface area contributed by atoms with Gasteiger partial charge in [0.1, 0.15) is 0 Å². The lowest BCUT2D eigenvalue weighted by Gasteiger charge is -2.26. The van der Waals surface area contributed by atoms with E-state index in [1.165, 1.54) is 21.3 Å². The number of fused-ring (bicyclic) bond motifs is 1. The van der Waals surface area contributed by atoms with Gasteiger partial charge >= 0.3 is 0 Å². The first-order valence-corrected chi connectivity index (χ1v) is 12.7. The first-order chi connectivity index (χ1) is 16.0. The van der Waals surface area contributed by atoms with Gasteiger partial charge in [-0.25, -0.2) is 18.1 Å². The molecule has 0 spiro atoms. The largest absolute Gasteiger partial charge is 0.348 e. The van der Waals surface area contributed by atoms with Crippen LogP contribution < -0.4 is 5.32 Å². The lowest BCUT2D eigenvalue weighted by molar-refractivity contribution is 0.0950. The van der Waals surface area contributed by atoms with Crippen molar-refractivity contribution in [1.29, 1.82) is 0 Å². The summed E-state index contributed by atoms with van der Waals surface area (Å²) in [6, 6.07) is 13.6. The van der Waals surface area contributed by atoms with Crippen molar-refractivity contribution in [2.75, 3.05) is 6.54 Å². The van der Waals surface area contributed by atoms with Gasteiger partial charge in [-0.1, -0.05) is 12.1 Å². The van der Waals surface area contributed by atoms with Crippen LogP contribution in [0, 0.1) is 0 Å². The number of nitrogens with one attached hydrogen (secondary N) is 1. The third-order valence-electron chi connectivity index (χ3n) is 5.53. The van der Waals surface area contributed by atoms with Gasteiger partial charge in [-0.15, -0.1) is 11.3 Å². The number of hydrogen-bond acceptors (Lipinski definition) is 6. The van der Waals surface area contributed by atoms with E-state index in [9.17, 15) is 13.2 Å². The van der Waals surface area contributed by atoms with Crippen LogP contribution in [0.25, 0.3) is 5.82 Å². The lowest BCUT2D eigenvalue weighted by atomic mass is 10.1. The highest BCUT2D eigenvalue weighted by Gasteiger charge is 2.29. The third kappa shape index (κ3) is 4.32. The number of nitrogens with zero attached hydrogens (tertiary/aromatic N) is 4. The fourth-order valence-electron chi connectivity index (χ4n) is 3.82. The van der Waals surface area contributed by atoms with Crippen molar-refractivity contribution in [3.05, 3.63) is 94.1 Å². The second-order valence-electron chi connectivity index (χ2n) is 7.60. The first kappa shape index (κ1) is 21.5. The molecule has 1 aliphatic heterocycles. The summed E-state index contributed by atoms with van der Waals surface area (Å²) in [5, 5.41) is 9.05. The SMILES string of the molecule is O=C(NCc1cccnc1-n1cccn1)c1cccc(S(=O)(=O)N2CCc3sccc3C2)c1. The van der Waals surface area contributed by atoms with Crippen molar-refractivity contribution in [3.8, 4) is 5.82 Å². The molecule has 0 bridgehead atoms. The Morgan fingerprint density at radius 1 is 1.12 bits per heavy atom. The molecule has 10 heteroatoms. The molecule has 1 amide bonds. The van der Waals surface area contributed by atoms with Gasteiger partial charge in [-0.2, -0.15) is 9.40 Å². The van der Waals surface area contributed by atoms with Gasteiger partial charge < -0.3 is 5.32 Å². The number of sulfonamides is 1. The molecular formula is C23H21N5O3S2. The Balaban J connectivity index is 1.32. The predicted octanol–water partition coefficient (Wildman–Crippen LogP) is 3.01. The van der Waals surface area contributed by atoms with Crippen LogP contribution in [0.3, 0.4) is 0 Å². The monoisotopic (exact) mass is 479 g/mol. The number of aromatic nitrogens is 3. The van der Waals surface area contributed by atoms with Gasteiger partial charge in [0, 0.05) is 54.2 Å². The quantitative estimate of drug-likeness (QED) is 0.459. The number of pyridine rings is 1. The van der Waals surface area contributed by atoms with E-state index in [0.29, 0.717) is 25.3 Å². The minimum Gasteiger partial charge on any atom is -0.348 e. The van der Waals surface area contributed by atoms with Crippen LogP contribution in [0.15, 0.2) is 77.4 Å². The Bertz CT molecular complexity index is 1400. The summed E-state index contributed by atoms with van der Waals surface area (Å²) in [4.78, 5) is 18.5. The zero-order chi connectivity index (χ0) is 22.8. The van der Waals surface area contributed by atoms with Crippen LogP contribution >= 0.6 is 11.3 Å². The number of thiophene rings is 1. The Morgan fingerprint density at radius 2 is 2.03 bits per heavy atom. The number of rotatable bonds is 6. The van der Waals surface area contributed by atoms with Gasteiger partial charge in [0.2, 0.25) is 10.0 Å². The van der Waals surface area contributed by atoms with E-state index in [0.717, 1.165) is 11.1 Å². The molecule has 0 saturated carbocycles. The molecular weight excluding hydrogens is 458 g/mol. The minimum absolute atomic E-state index is 0.118. The van der Waals surface area contributed by atoms with E-state index in [1.54, 1.807) is 58.9 Å². The molecule has 33 heavy (non-hydrogen) atoms. The van der Waals surface area contributed by atoms with Crippen LogP contribution in [0.2, 0.25) is 0 Å². The fourth-order valence-corrected chi connectivity index (χ4v) is 6.18. The molecule has 0 unspecified atom stereocenters. The Hall–Kier alpha value is -3.34. The van der Waals surface area contributed by atoms with Crippen LogP contribution in [-0.2, 0) is 29.5 Å². The van der Waals surface area contributed by atoms with E-state index in [2.05, 4.69) is 15.4 Å². The summed E-state index contributed by atoms with van der Waals surface area (Å²) in [5.41, 5.74) is 2.13. The lowest BCUT2D eigenvalue weighted by Crippen LogP contribution is -2.35. The fraction of sp³-hybridized carbons (Fsp3) is 0.174. The Labute approximate surface area is 195 Å². The summed E-state index contributed by atoms with van der Waals surface area (Å²) < 4.78 is 29.6. The Kier molecular flexibility index (Phi) is 5.79. The van der Waals surface area contributed by atoms with Crippen molar-refractivity contribution in [2.24, 2.45) is 0 Å². The molecule has 1 N–H and O–H groups in total. The number of hydrogen-bond donors (Lipinski definition) is 1. The van der Waals surface area contributed by atoms with Crippen molar-refractivity contribution in [2.45, 2.75) is 24.4 Å². The molecule has 0 fully saturated rings. The normalized spacial score (nSPS) is 14.1. The molecule has 168 valence electrons. The van der Waals surface area contributed by atoms with Crippen LogP contribution in [0.4, 0.5) is 0 Å². The maximum Gasteiger partial charge on any atom is 0.251 e. The average molecular weight is 480 g/mol. The number of benzene rings is 1. The summed E-state index contributed by atoms with van der Waals surface area (Å²) >= 11 is 1.66. The zero-order valence-corrected chi connectivity index (χ0v) is 19.2. The molecule has 8 nitrogen and oxygen atoms in total. The van der Waals surface area contributed by atoms with Gasteiger partial charge in [0.15, 0.2) is 5.82 Å². The molecule has 0 atom stereocenters. The molecule has 0 saturated heterocycles. The van der Waals surface area contributed by atoms with Crippen LogP contribution in [0.5, 0.6) is 0 Å². The average Bonchev–Trinajstić information content (AvgIpc) is 3.54. The van der Waals surface area contributed by atoms with Crippen molar-refractivity contribution in [3.63, 3.8) is 0 Å². The second-order valence-corrected chi connectivity index (χ2v) is 10.5. The van der Waals surface area contributed by atoms with Crippen LogP contribution in [0.1, 0.15) is 26.4 Å². The molecule has 5 rings (SSSR count). The van der Waals surface area contributed by atoms with Gasteiger partial charge in [-0.3, -0.25) is 4.79 Å². The predicted molar refractivity (Wildman–Crippen MR) is 125 cm³/mol. The van der Waals surface area contributed by atoms with E-state index in [1.807, 2.05) is 17.5 Å². The third-order valence-corrected chi connectivity index (χ3v) is 8.40. The zero-order valence-electron chi connectivity index (χ0n) is 17.6. The van der Waals surface area contributed by atoms with Gasteiger partial charge in [0.05, 0.1) is 4.90 Å². The van der Waals surface area contributed by atoms with Crippen molar-refractivity contribution < 1.29 is 13.2 Å². The van der Waals surface area contributed by atoms with E-state index in [4.69, 9.17) is 0 Å².